The van der Waals surface area contributed by atoms with Gasteiger partial charge >= 0.3 is 0 Å². The van der Waals surface area contributed by atoms with Crippen LogP contribution in [-0.4, -0.2) is 13.2 Å². The average molecular weight is 239 g/mol. The first kappa shape index (κ1) is 12.1. The Kier molecular flexibility index (Phi) is 3.56. The quantitative estimate of drug-likeness (QED) is 0.606. The second kappa shape index (κ2) is 5.30. The van der Waals surface area contributed by atoms with Gasteiger partial charge in [0, 0.05) is 0 Å². The van der Waals surface area contributed by atoms with Crippen LogP contribution in [-0.2, 0) is 4.79 Å². The molecule has 0 aliphatic heterocycles. The molecule has 2 aromatic rings. The topological polar surface area (TPSA) is 38.7 Å². The fourth-order valence-electron chi connectivity index (χ4n) is 1.90. The van der Waals surface area contributed by atoms with Crippen LogP contribution < -0.4 is 4.74 Å². The Morgan fingerprint density at radius 3 is 2.50 bits per heavy atom. The number of nitrogens with zero attached hydrogens (tertiary/aromatic N) is 1. The molecule has 0 saturated heterocycles. The van der Waals surface area contributed by atoms with E-state index in [2.05, 4.69) is 4.99 Å². The number of benzene rings is 2. The van der Waals surface area contributed by atoms with Gasteiger partial charge in [-0.2, -0.15) is 4.99 Å². The molecule has 3 heteroatoms. The molecule has 0 bridgehead atoms. The van der Waals surface area contributed by atoms with Gasteiger partial charge in [0.1, 0.15) is 11.4 Å². The molecule has 0 spiro atoms. The van der Waals surface area contributed by atoms with E-state index in [-0.39, 0.29) is 0 Å². The van der Waals surface area contributed by atoms with Crippen molar-refractivity contribution in [2.75, 3.05) is 7.11 Å². The van der Waals surface area contributed by atoms with E-state index >= 15 is 0 Å². The Balaban J connectivity index is 2.60. The van der Waals surface area contributed by atoms with E-state index in [1.807, 2.05) is 49.4 Å². The molecule has 0 radical (unpaired) electrons. The third-order valence-corrected chi connectivity index (χ3v) is 2.78. The number of hydrogen-bond donors (Lipinski definition) is 0. The third-order valence-electron chi connectivity index (χ3n) is 2.78. The van der Waals surface area contributed by atoms with Crippen LogP contribution in [0.1, 0.15) is 5.56 Å². The lowest BCUT2D eigenvalue weighted by atomic mass is 9.99. The highest BCUT2D eigenvalue weighted by Gasteiger charge is 2.08. The minimum absolute atomic E-state index is 0.504. The van der Waals surface area contributed by atoms with Crippen molar-refractivity contribution < 1.29 is 9.53 Å². The Labute approximate surface area is 106 Å². The van der Waals surface area contributed by atoms with E-state index in [0.717, 1.165) is 16.7 Å². The number of aryl methyl sites for hydroxylation is 1. The number of aliphatic imine (C=N–C) groups is 1. The minimum atomic E-state index is 0.504. The number of ether oxygens (including phenoxy) is 1. The van der Waals surface area contributed by atoms with Gasteiger partial charge in [-0.05, 0) is 35.7 Å². The molecule has 0 saturated carbocycles. The van der Waals surface area contributed by atoms with Gasteiger partial charge in [0.2, 0.25) is 6.08 Å². The van der Waals surface area contributed by atoms with E-state index in [1.165, 1.54) is 0 Å². The van der Waals surface area contributed by atoms with E-state index in [4.69, 9.17) is 4.74 Å². The van der Waals surface area contributed by atoms with Gasteiger partial charge in [0.15, 0.2) is 0 Å². The van der Waals surface area contributed by atoms with Gasteiger partial charge in [-0.3, -0.25) is 0 Å². The van der Waals surface area contributed by atoms with E-state index in [9.17, 15) is 4.79 Å². The highest BCUT2D eigenvalue weighted by molar-refractivity contribution is 5.74. The maximum atomic E-state index is 10.4. The van der Waals surface area contributed by atoms with Crippen molar-refractivity contribution in [1.82, 2.24) is 0 Å². The lowest BCUT2D eigenvalue weighted by Gasteiger charge is -2.10. The summed E-state index contributed by atoms with van der Waals surface area (Å²) in [6, 6.07) is 13.7. The monoisotopic (exact) mass is 239 g/mol. The summed E-state index contributed by atoms with van der Waals surface area (Å²) < 4.78 is 5.24. The van der Waals surface area contributed by atoms with Crippen molar-refractivity contribution in [3.63, 3.8) is 0 Å². The smallest absolute Gasteiger partial charge is 0.240 e. The molecule has 0 atom stereocenters. The first-order valence-electron chi connectivity index (χ1n) is 5.58. The maximum absolute atomic E-state index is 10.4. The summed E-state index contributed by atoms with van der Waals surface area (Å²) in [5.41, 5.74) is 3.72. The van der Waals surface area contributed by atoms with E-state index in [1.54, 1.807) is 13.2 Å². The molecule has 0 N–H and O–H groups in total. The van der Waals surface area contributed by atoms with Crippen LogP contribution >= 0.6 is 0 Å². The van der Waals surface area contributed by atoms with Gasteiger partial charge < -0.3 is 4.74 Å². The molecule has 2 rings (SSSR count). The molecule has 0 aliphatic carbocycles. The number of isocyanates is 1. The van der Waals surface area contributed by atoms with Gasteiger partial charge in [-0.25, -0.2) is 4.79 Å². The molecule has 0 amide bonds. The molecule has 90 valence electrons. The number of carbonyl (C=O) groups excluding carboxylic acids is 1. The van der Waals surface area contributed by atoms with Gasteiger partial charge in [0.25, 0.3) is 0 Å². The lowest BCUT2D eigenvalue weighted by molar-refractivity contribution is 0.416. The summed E-state index contributed by atoms with van der Waals surface area (Å²) in [6.45, 7) is 1.98. The summed E-state index contributed by atoms with van der Waals surface area (Å²) in [5, 5.41) is 0. The normalized spacial score (nSPS) is 9.67. The summed E-state index contributed by atoms with van der Waals surface area (Å²) in [6.07, 6.45) is 1.54. The first-order valence-corrected chi connectivity index (χ1v) is 5.58. The van der Waals surface area contributed by atoms with Crippen LogP contribution in [0.4, 0.5) is 5.69 Å². The molecule has 2 aromatic carbocycles. The Morgan fingerprint density at radius 2 is 1.89 bits per heavy atom. The second-order valence-electron chi connectivity index (χ2n) is 3.91. The predicted molar refractivity (Wildman–Crippen MR) is 70.9 cm³/mol. The zero-order valence-corrected chi connectivity index (χ0v) is 10.3. The molecule has 0 aromatic heterocycles. The standard InChI is InChI=1S/C15H13NO2/c1-11-8-14(16-10-17)15(18-2)9-13(11)12-6-4-3-5-7-12/h3-9H,1-2H3. The Morgan fingerprint density at radius 1 is 1.17 bits per heavy atom. The molecule has 18 heavy (non-hydrogen) atoms. The van der Waals surface area contributed by atoms with Gasteiger partial charge in [-0.1, -0.05) is 30.3 Å². The molecule has 3 nitrogen and oxygen atoms in total. The second-order valence-corrected chi connectivity index (χ2v) is 3.91. The minimum Gasteiger partial charge on any atom is -0.494 e. The van der Waals surface area contributed by atoms with Crippen LogP contribution in [0.15, 0.2) is 47.5 Å². The highest BCUT2D eigenvalue weighted by atomic mass is 16.5. The van der Waals surface area contributed by atoms with Crippen LogP contribution in [0.2, 0.25) is 0 Å². The van der Waals surface area contributed by atoms with Crippen molar-refractivity contribution in [2.45, 2.75) is 6.92 Å². The molecule has 0 heterocycles. The van der Waals surface area contributed by atoms with Gasteiger partial charge in [-0.15, -0.1) is 0 Å². The fourth-order valence-corrected chi connectivity index (χ4v) is 1.90. The van der Waals surface area contributed by atoms with Crippen LogP contribution in [0.5, 0.6) is 5.75 Å². The van der Waals surface area contributed by atoms with Crippen molar-refractivity contribution in [3.05, 3.63) is 48.0 Å². The highest BCUT2D eigenvalue weighted by Crippen LogP contribution is 2.35. The number of hydrogen-bond acceptors (Lipinski definition) is 3. The molecular formula is C15H13NO2. The van der Waals surface area contributed by atoms with Crippen LogP contribution in [0.25, 0.3) is 11.1 Å². The summed E-state index contributed by atoms with van der Waals surface area (Å²) in [5.74, 6) is 0.572. The molecule has 0 unspecified atom stereocenters. The summed E-state index contributed by atoms with van der Waals surface area (Å²) >= 11 is 0. The largest absolute Gasteiger partial charge is 0.494 e. The summed E-state index contributed by atoms with van der Waals surface area (Å²) in [7, 11) is 1.56. The average Bonchev–Trinajstić information content (AvgIpc) is 2.40. The van der Waals surface area contributed by atoms with Gasteiger partial charge in [0.05, 0.1) is 7.11 Å². The van der Waals surface area contributed by atoms with Crippen molar-refractivity contribution >= 4 is 11.8 Å². The predicted octanol–water partition coefficient (Wildman–Crippen LogP) is 3.64. The van der Waals surface area contributed by atoms with Crippen LogP contribution in [0, 0.1) is 6.92 Å². The fraction of sp³-hybridized carbons (Fsp3) is 0.133. The Hall–Kier alpha value is -2.38. The van der Waals surface area contributed by atoms with Crippen molar-refractivity contribution in [2.24, 2.45) is 4.99 Å². The molecule has 0 aliphatic rings. The van der Waals surface area contributed by atoms with Crippen LogP contribution in [0.3, 0.4) is 0 Å². The molecule has 0 fully saturated rings. The number of methoxy groups -OCH3 is 1. The van der Waals surface area contributed by atoms with E-state index < -0.39 is 0 Å². The maximum Gasteiger partial charge on any atom is 0.240 e. The van der Waals surface area contributed by atoms with E-state index in [0.29, 0.717) is 11.4 Å². The zero-order chi connectivity index (χ0) is 13.0. The summed E-state index contributed by atoms with van der Waals surface area (Å²) in [4.78, 5) is 14.0. The SMILES string of the molecule is COc1cc(-c2ccccc2)c(C)cc1N=C=O. The zero-order valence-electron chi connectivity index (χ0n) is 10.3. The Bertz CT molecular complexity index is 599. The number of rotatable bonds is 3. The molecular weight excluding hydrogens is 226 g/mol. The van der Waals surface area contributed by atoms with Crippen molar-refractivity contribution in [3.8, 4) is 16.9 Å². The van der Waals surface area contributed by atoms with Crippen molar-refractivity contribution in [1.29, 1.82) is 0 Å². The lowest BCUT2D eigenvalue weighted by Crippen LogP contribution is -1.88. The third kappa shape index (κ3) is 2.31. The first-order chi connectivity index (χ1) is 8.76.